The van der Waals surface area contributed by atoms with Gasteiger partial charge in [-0.2, -0.15) is 0 Å². The summed E-state index contributed by atoms with van der Waals surface area (Å²) in [7, 11) is 1.74. The molecule has 9 heteroatoms. The second kappa shape index (κ2) is 17.7. The highest BCUT2D eigenvalue weighted by Crippen LogP contribution is 2.42. The molecule has 3 atom stereocenters. The van der Waals surface area contributed by atoms with Crippen LogP contribution >= 0.6 is 22.6 Å². The largest absolute Gasteiger partial charge is 0.479 e. The van der Waals surface area contributed by atoms with E-state index in [-0.39, 0.29) is 17.9 Å². The Balaban J connectivity index is 0.000000272. The lowest BCUT2D eigenvalue weighted by atomic mass is 9.77. The van der Waals surface area contributed by atoms with Crippen molar-refractivity contribution in [3.8, 4) is 22.9 Å². The number of halogens is 1. The number of nitrogens with zero attached hydrogens (tertiary/aromatic N) is 2. The average Bonchev–Trinajstić information content (AvgIpc) is 3.73. The number of ether oxygens (including phenoxy) is 2. The van der Waals surface area contributed by atoms with Crippen molar-refractivity contribution in [3.63, 3.8) is 0 Å². The number of carboxylic acid groups (broad SMARTS) is 1. The van der Waals surface area contributed by atoms with Gasteiger partial charge in [-0.05, 0) is 119 Å². The molecule has 1 N–H and O–H groups in total. The summed E-state index contributed by atoms with van der Waals surface area (Å²) in [5.41, 5.74) is 7.84. The number of benzene rings is 2. The summed E-state index contributed by atoms with van der Waals surface area (Å²) in [6.07, 6.45) is 3.89. The fourth-order valence-corrected chi connectivity index (χ4v) is 7.09. The van der Waals surface area contributed by atoms with E-state index in [0.29, 0.717) is 24.3 Å². The zero-order valence-electron chi connectivity index (χ0n) is 32.4. The topological polar surface area (TPSA) is 108 Å². The fraction of sp³-hybridized carbons (Fsp3) is 0.548. The lowest BCUT2D eigenvalue weighted by Gasteiger charge is -2.34. The third-order valence-electron chi connectivity index (χ3n) is 10.1. The van der Waals surface area contributed by atoms with Crippen molar-refractivity contribution in [1.82, 2.24) is 9.97 Å². The summed E-state index contributed by atoms with van der Waals surface area (Å²) in [4.78, 5) is 21.0. The first-order valence-corrected chi connectivity index (χ1v) is 19.7. The van der Waals surface area contributed by atoms with Crippen molar-refractivity contribution in [2.24, 2.45) is 11.8 Å². The average molecular weight is 813 g/mol. The second-order valence-electron chi connectivity index (χ2n) is 15.2. The van der Waals surface area contributed by atoms with E-state index in [1.54, 1.807) is 21.0 Å². The number of rotatable bonds is 12. The molecule has 51 heavy (non-hydrogen) atoms. The first kappa shape index (κ1) is 40.7. The highest BCUT2D eigenvalue weighted by Gasteiger charge is 2.36. The number of aliphatic carboxylic acids is 1. The zero-order chi connectivity index (χ0) is 37.6. The maximum atomic E-state index is 11.4. The van der Waals surface area contributed by atoms with Crippen molar-refractivity contribution in [2.75, 3.05) is 13.7 Å². The molecule has 5 rings (SSSR count). The molecular weight excluding hydrogens is 755 g/mol. The van der Waals surface area contributed by atoms with Crippen molar-refractivity contribution in [2.45, 2.75) is 123 Å². The molecule has 1 fully saturated rings. The monoisotopic (exact) mass is 812 g/mol. The number of alkyl halides is 1. The van der Waals surface area contributed by atoms with Crippen LogP contribution in [0.2, 0.25) is 0 Å². The Morgan fingerprint density at radius 1 is 0.882 bits per heavy atom. The molecule has 0 amide bonds. The first-order valence-electron chi connectivity index (χ1n) is 18.2. The smallest absolute Gasteiger partial charge is 0.335 e. The van der Waals surface area contributed by atoms with Crippen molar-refractivity contribution in [1.29, 1.82) is 0 Å². The van der Waals surface area contributed by atoms with Gasteiger partial charge in [0.15, 0.2) is 5.60 Å². The van der Waals surface area contributed by atoms with Gasteiger partial charge in [0, 0.05) is 34.5 Å². The van der Waals surface area contributed by atoms with Gasteiger partial charge in [-0.15, -0.1) is 0 Å². The van der Waals surface area contributed by atoms with Gasteiger partial charge in [0.2, 0.25) is 11.8 Å². The highest BCUT2D eigenvalue weighted by atomic mass is 127. The molecule has 2 aromatic heterocycles. The van der Waals surface area contributed by atoms with Crippen LogP contribution in [0.15, 0.2) is 45.2 Å². The minimum Gasteiger partial charge on any atom is -0.479 e. The molecular formula is C42H57IN2O6. The molecule has 1 aliphatic carbocycles. The Kier molecular flexibility index (Phi) is 14.1. The molecule has 4 aromatic rings. The highest BCUT2D eigenvalue weighted by molar-refractivity contribution is 14.1. The number of aromatic nitrogens is 2. The number of carboxylic acids is 1. The second-order valence-corrected chi connectivity index (χ2v) is 16.0. The Bertz CT molecular complexity index is 1770. The Morgan fingerprint density at radius 3 is 1.90 bits per heavy atom. The first-order chi connectivity index (χ1) is 24.1. The van der Waals surface area contributed by atoms with E-state index in [0.717, 1.165) is 70.0 Å². The Hall–Kier alpha value is -3.02. The van der Waals surface area contributed by atoms with E-state index in [2.05, 4.69) is 119 Å². The summed E-state index contributed by atoms with van der Waals surface area (Å²) in [5.74, 6) is 3.47. The number of aryl methyl sites for hydroxylation is 4. The molecule has 0 bridgehead atoms. The SMILES string of the molecule is COC(c1nc(-c2ccc(C)c(C)c2)oc1C(C)C)[C@@H]1CCC[C@H](COC(C)(C)C(=O)O)C1.Cc1ccc(-c2nc(CI)c(C(C)C)o2)cc1C. The maximum absolute atomic E-state index is 11.4. The van der Waals surface area contributed by atoms with E-state index < -0.39 is 11.6 Å². The lowest BCUT2D eigenvalue weighted by Crippen LogP contribution is -2.37. The fourth-order valence-electron chi connectivity index (χ4n) is 6.54. The molecule has 2 aromatic carbocycles. The minimum atomic E-state index is -1.18. The standard InChI is InChI=1S/C27H39NO5.C15H18INO/c1-16(2)23-22(28-25(33-23)21-12-11-17(3)18(4)13-21)24(31-7)20-10-8-9-19(14-20)15-32-27(5,6)26(29)30;1-9(2)14-13(8-16)17-15(18-14)12-6-5-10(3)11(4)7-12/h11-13,16,19-20,24H,8-10,14-15H2,1-7H3,(H,29,30);5-7,9H,8H2,1-4H3/t19-,20+,24?;/m0./s1. The molecule has 2 heterocycles. The number of methoxy groups -OCH3 is 1. The molecule has 278 valence electrons. The minimum absolute atomic E-state index is 0.165. The van der Waals surface area contributed by atoms with Gasteiger partial charge in [-0.25, -0.2) is 14.8 Å². The van der Waals surface area contributed by atoms with Gasteiger partial charge >= 0.3 is 5.97 Å². The van der Waals surface area contributed by atoms with Gasteiger partial charge in [0.25, 0.3) is 0 Å². The van der Waals surface area contributed by atoms with Crippen LogP contribution in [0, 0.1) is 39.5 Å². The van der Waals surface area contributed by atoms with Gasteiger partial charge in [-0.1, -0.05) is 68.8 Å². The summed E-state index contributed by atoms with van der Waals surface area (Å²) >= 11 is 2.33. The van der Waals surface area contributed by atoms with Crippen LogP contribution in [-0.2, 0) is 18.7 Å². The van der Waals surface area contributed by atoms with Crippen LogP contribution in [0.3, 0.4) is 0 Å². The number of oxazole rings is 2. The van der Waals surface area contributed by atoms with Crippen LogP contribution in [-0.4, -0.2) is 40.4 Å². The zero-order valence-corrected chi connectivity index (χ0v) is 34.5. The molecule has 1 aliphatic rings. The normalized spacial score (nSPS) is 17.1. The van der Waals surface area contributed by atoms with Gasteiger partial charge in [0.05, 0.1) is 12.3 Å². The van der Waals surface area contributed by atoms with Crippen LogP contribution in [0.1, 0.15) is 130 Å². The number of hydrogen-bond donors (Lipinski definition) is 1. The van der Waals surface area contributed by atoms with Gasteiger partial charge in [0.1, 0.15) is 23.3 Å². The lowest BCUT2D eigenvalue weighted by molar-refractivity contribution is -0.163. The molecule has 0 radical (unpaired) electrons. The predicted molar refractivity (Wildman–Crippen MR) is 212 cm³/mol. The Morgan fingerprint density at radius 2 is 1.43 bits per heavy atom. The van der Waals surface area contributed by atoms with E-state index >= 15 is 0 Å². The molecule has 0 spiro atoms. The van der Waals surface area contributed by atoms with Crippen molar-refractivity contribution >= 4 is 28.6 Å². The number of hydrogen-bond acceptors (Lipinski definition) is 7. The summed E-state index contributed by atoms with van der Waals surface area (Å²) < 4.78 is 24.9. The van der Waals surface area contributed by atoms with E-state index in [9.17, 15) is 9.90 Å². The van der Waals surface area contributed by atoms with Crippen LogP contribution < -0.4 is 0 Å². The van der Waals surface area contributed by atoms with E-state index in [1.165, 1.54) is 22.3 Å². The van der Waals surface area contributed by atoms with Crippen molar-refractivity contribution in [3.05, 3.63) is 81.6 Å². The summed E-state index contributed by atoms with van der Waals surface area (Å²) in [6, 6.07) is 12.6. The third-order valence-corrected chi connectivity index (χ3v) is 10.8. The third kappa shape index (κ3) is 10.1. The Labute approximate surface area is 318 Å². The maximum Gasteiger partial charge on any atom is 0.335 e. The molecule has 8 nitrogen and oxygen atoms in total. The van der Waals surface area contributed by atoms with Gasteiger partial charge < -0.3 is 23.4 Å². The van der Waals surface area contributed by atoms with Crippen LogP contribution in [0.4, 0.5) is 0 Å². The van der Waals surface area contributed by atoms with E-state index in [1.807, 2.05) is 0 Å². The number of carbonyl (C=O) groups is 1. The molecule has 1 unspecified atom stereocenters. The van der Waals surface area contributed by atoms with E-state index in [4.69, 9.17) is 23.3 Å². The van der Waals surface area contributed by atoms with Crippen molar-refractivity contribution < 1.29 is 28.2 Å². The predicted octanol–water partition coefficient (Wildman–Crippen LogP) is 11.5. The summed E-state index contributed by atoms with van der Waals surface area (Å²) in [6.45, 7) is 20.6. The molecule has 0 aliphatic heterocycles. The molecule has 0 saturated heterocycles. The summed E-state index contributed by atoms with van der Waals surface area (Å²) in [5, 5.41) is 9.35. The molecule has 1 saturated carbocycles. The quantitative estimate of drug-likeness (QED) is 0.111. The van der Waals surface area contributed by atoms with Crippen LogP contribution in [0.5, 0.6) is 0 Å². The van der Waals surface area contributed by atoms with Crippen LogP contribution in [0.25, 0.3) is 22.9 Å². The van der Waals surface area contributed by atoms with Gasteiger partial charge in [-0.3, -0.25) is 0 Å².